The van der Waals surface area contributed by atoms with Crippen molar-refractivity contribution in [2.24, 2.45) is 0 Å². The smallest absolute Gasteiger partial charge is 0.279 e. The number of fused-ring (bicyclic) bond motifs is 1. The molecule has 1 saturated heterocycles. The molecule has 26 heavy (non-hydrogen) atoms. The summed E-state index contributed by atoms with van der Waals surface area (Å²) in [5.74, 6) is 1.61. The largest absolute Gasteiger partial charge is 0.467 e. The van der Waals surface area contributed by atoms with E-state index in [4.69, 9.17) is 8.94 Å². The summed E-state index contributed by atoms with van der Waals surface area (Å²) in [5, 5.41) is 12.2. The van der Waals surface area contributed by atoms with Gasteiger partial charge >= 0.3 is 0 Å². The van der Waals surface area contributed by atoms with E-state index in [2.05, 4.69) is 20.3 Å². The average Bonchev–Trinajstić information content (AvgIpc) is 3.42. The average molecular weight is 349 g/mol. The minimum atomic E-state index is -0.0971. The first-order chi connectivity index (χ1) is 12.8. The number of nitrogens with zero attached hydrogens (tertiary/aromatic N) is 4. The lowest BCUT2D eigenvalue weighted by atomic mass is 10.1. The highest BCUT2D eigenvalue weighted by atomic mass is 16.5. The molecule has 0 bridgehead atoms. The Hall–Kier alpha value is -3.42. The van der Waals surface area contributed by atoms with Crippen LogP contribution in [0.1, 0.15) is 23.9 Å². The maximum absolute atomic E-state index is 12.3. The fourth-order valence-corrected chi connectivity index (χ4v) is 3.31. The van der Waals surface area contributed by atoms with Gasteiger partial charge in [0.25, 0.3) is 5.89 Å². The Morgan fingerprint density at radius 2 is 2.15 bits per heavy atom. The van der Waals surface area contributed by atoms with Crippen molar-refractivity contribution >= 4 is 16.8 Å². The predicted molar refractivity (Wildman–Crippen MR) is 90.9 cm³/mol. The van der Waals surface area contributed by atoms with Gasteiger partial charge in [-0.3, -0.25) is 9.89 Å². The van der Waals surface area contributed by atoms with Crippen LogP contribution in [-0.2, 0) is 11.3 Å². The molecule has 3 aromatic heterocycles. The zero-order valence-electron chi connectivity index (χ0n) is 13.8. The summed E-state index contributed by atoms with van der Waals surface area (Å²) in [5.41, 5.74) is 1.53. The number of furan rings is 1. The van der Waals surface area contributed by atoms with Gasteiger partial charge in [0.1, 0.15) is 5.76 Å². The first-order valence-electron chi connectivity index (χ1n) is 8.35. The summed E-state index contributed by atoms with van der Waals surface area (Å²) >= 11 is 0. The maximum atomic E-state index is 12.3. The third-order valence-corrected chi connectivity index (χ3v) is 4.62. The van der Waals surface area contributed by atoms with Gasteiger partial charge in [0, 0.05) is 24.3 Å². The van der Waals surface area contributed by atoms with Gasteiger partial charge < -0.3 is 13.8 Å². The molecule has 4 heterocycles. The Labute approximate surface area is 147 Å². The Morgan fingerprint density at radius 1 is 1.23 bits per heavy atom. The lowest BCUT2D eigenvalue weighted by Gasteiger charge is -2.13. The van der Waals surface area contributed by atoms with Crippen molar-refractivity contribution in [2.75, 3.05) is 6.54 Å². The topological polar surface area (TPSA) is 101 Å². The van der Waals surface area contributed by atoms with E-state index in [0.29, 0.717) is 36.9 Å². The van der Waals surface area contributed by atoms with Gasteiger partial charge in [-0.25, -0.2) is 0 Å². The number of hydrogen-bond donors (Lipinski definition) is 1. The molecular formula is C18H15N5O3. The molecule has 1 aliphatic heterocycles. The fraction of sp³-hybridized carbons (Fsp3) is 0.222. The van der Waals surface area contributed by atoms with Gasteiger partial charge in [0.15, 0.2) is 11.5 Å². The van der Waals surface area contributed by atoms with Gasteiger partial charge in [0.05, 0.1) is 18.3 Å². The van der Waals surface area contributed by atoms with Crippen molar-refractivity contribution in [3.63, 3.8) is 0 Å². The number of benzene rings is 1. The number of nitrogens with one attached hydrogen (secondary N) is 1. The zero-order valence-corrected chi connectivity index (χ0v) is 13.8. The van der Waals surface area contributed by atoms with Crippen molar-refractivity contribution in [2.45, 2.75) is 18.9 Å². The molecular weight excluding hydrogens is 334 g/mol. The van der Waals surface area contributed by atoms with Gasteiger partial charge in [-0.05, 0) is 18.2 Å². The number of amides is 1. The normalized spacial score (nSPS) is 17.5. The lowest BCUT2D eigenvalue weighted by molar-refractivity contribution is -0.128. The van der Waals surface area contributed by atoms with Crippen LogP contribution in [0.15, 0.2) is 51.6 Å². The second-order valence-electron chi connectivity index (χ2n) is 6.33. The van der Waals surface area contributed by atoms with Crippen molar-refractivity contribution in [1.29, 1.82) is 0 Å². The molecule has 1 amide bonds. The summed E-state index contributed by atoms with van der Waals surface area (Å²) in [6.45, 7) is 0.997. The highest BCUT2D eigenvalue weighted by Crippen LogP contribution is 2.30. The van der Waals surface area contributed by atoms with E-state index in [1.165, 1.54) is 0 Å². The SMILES string of the molecule is O=C1CC(c2noc(-c3n[nH]c4ccccc34)n2)CN1Cc1ccco1. The van der Waals surface area contributed by atoms with Crippen molar-refractivity contribution in [3.05, 3.63) is 54.2 Å². The summed E-state index contributed by atoms with van der Waals surface area (Å²) in [6.07, 6.45) is 1.97. The number of hydrogen-bond acceptors (Lipinski definition) is 6. The van der Waals surface area contributed by atoms with E-state index in [1.807, 2.05) is 36.4 Å². The Balaban J connectivity index is 1.38. The molecule has 8 heteroatoms. The third kappa shape index (κ3) is 2.46. The summed E-state index contributed by atoms with van der Waals surface area (Å²) in [4.78, 5) is 18.5. The van der Waals surface area contributed by atoms with Crippen LogP contribution in [0.2, 0.25) is 0 Å². The minimum Gasteiger partial charge on any atom is -0.467 e. The molecule has 1 fully saturated rings. The molecule has 5 rings (SSSR count). The molecule has 1 atom stereocenters. The quantitative estimate of drug-likeness (QED) is 0.608. The van der Waals surface area contributed by atoms with E-state index in [0.717, 1.165) is 16.7 Å². The Bertz CT molecular complexity index is 1070. The number of rotatable bonds is 4. The maximum Gasteiger partial charge on any atom is 0.279 e. The van der Waals surface area contributed by atoms with Crippen LogP contribution in [0.25, 0.3) is 22.5 Å². The van der Waals surface area contributed by atoms with Crippen LogP contribution >= 0.6 is 0 Å². The van der Waals surface area contributed by atoms with Crippen molar-refractivity contribution in [1.82, 2.24) is 25.2 Å². The van der Waals surface area contributed by atoms with Crippen molar-refractivity contribution < 1.29 is 13.7 Å². The molecule has 0 saturated carbocycles. The lowest BCUT2D eigenvalue weighted by Crippen LogP contribution is -2.24. The van der Waals surface area contributed by atoms with Crippen molar-refractivity contribution in [3.8, 4) is 11.6 Å². The summed E-state index contributed by atoms with van der Waals surface area (Å²) in [6, 6.07) is 11.4. The summed E-state index contributed by atoms with van der Waals surface area (Å²) in [7, 11) is 0. The molecule has 1 unspecified atom stereocenters. The number of carbonyl (C=O) groups excluding carboxylic acids is 1. The van der Waals surface area contributed by atoms with Crippen LogP contribution < -0.4 is 0 Å². The molecule has 1 N–H and O–H groups in total. The van der Waals surface area contributed by atoms with E-state index in [9.17, 15) is 4.79 Å². The second kappa shape index (κ2) is 5.83. The third-order valence-electron chi connectivity index (χ3n) is 4.62. The highest BCUT2D eigenvalue weighted by molar-refractivity contribution is 5.90. The highest BCUT2D eigenvalue weighted by Gasteiger charge is 2.34. The first-order valence-corrected chi connectivity index (χ1v) is 8.35. The number of aromatic nitrogens is 4. The number of carbonyl (C=O) groups is 1. The Kier molecular flexibility index (Phi) is 3.34. The molecule has 0 radical (unpaired) electrons. The standard InChI is InChI=1S/C18H15N5O3/c24-15-8-11(9-23(15)10-12-4-3-7-25-12)17-19-18(26-22-17)16-13-5-1-2-6-14(13)20-21-16/h1-7,11H,8-10H2,(H,20,21). The van der Waals surface area contributed by atoms with Gasteiger partial charge in [0.2, 0.25) is 5.91 Å². The van der Waals surface area contributed by atoms with E-state index in [1.54, 1.807) is 11.2 Å². The number of aromatic amines is 1. The molecule has 0 aliphatic carbocycles. The molecule has 0 spiro atoms. The number of likely N-dealkylation sites (tertiary alicyclic amines) is 1. The summed E-state index contributed by atoms with van der Waals surface area (Å²) < 4.78 is 10.7. The molecule has 4 aromatic rings. The second-order valence-corrected chi connectivity index (χ2v) is 6.33. The van der Waals surface area contributed by atoms with E-state index in [-0.39, 0.29) is 11.8 Å². The molecule has 1 aromatic carbocycles. The van der Waals surface area contributed by atoms with Crippen LogP contribution in [-0.4, -0.2) is 37.7 Å². The van der Waals surface area contributed by atoms with E-state index < -0.39 is 0 Å². The zero-order chi connectivity index (χ0) is 17.5. The Morgan fingerprint density at radius 3 is 3.04 bits per heavy atom. The monoisotopic (exact) mass is 349 g/mol. The number of para-hydroxylation sites is 1. The first kappa shape index (κ1) is 14.9. The minimum absolute atomic E-state index is 0.0583. The van der Waals surface area contributed by atoms with E-state index >= 15 is 0 Å². The molecule has 130 valence electrons. The van der Waals surface area contributed by atoms with Gasteiger partial charge in [-0.2, -0.15) is 10.1 Å². The van der Waals surface area contributed by atoms with Crippen LogP contribution in [0.4, 0.5) is 0 Å². The molecule has 1 aliphatic rings. The number of H-pyrrole nitrogens is 1. The van der Waals surface area contributed by atoms with Crippen LogP contribution in [0.5, 0.6) is 0 Å². The molecule has 8 nitrogen and oxygen atoms in total. The van der Waals surface area contributed by atoms with Crippen LogP contribution in [0.3, 0.4) is 0 Å². The van der Waals surface area contributed by atoms with Crippen LogP contribution in [0, 0.1) is 0 Å². The predicted octanol–water partition coefficient (Wildman–Crippen LogP) is 2.72. The fourth-order valence-electron chi connectivity index (χ4n) is 3.31. The van der Waals surface area contributed by atoms with Gasteiger partial charge in [-0.15, -0.1) is 0 Å². The van der Waals surface area contributed by atoms with Gasteiger partial charge in [-0.1, -0.05) is 23.4 Å².